The van der Waals surface area contributed by atoms with Crippen molar-refractivity contribution in [3.05, 3.63) is 96.1 Å². The molecule has 0 saturated heterocycles. The maximum absolute atomic E-state index is 10.5. The molecule has 2 rings (SSSR count). The van der Waals surface area contributed by atoms with Crippen LogP contribution in [0.4, 0.5) is 0 Å². The van der Waals surface area contributed by atoms with E-state index >= 15 is 0 Å². The maximum Gasteiger partial charge on any atom is 0.180 e. The molecule has 0 radical (unpaired) electrons. The summed E-state index contributed by atoms with van der Waals surface area (Å²) in [5, 5.41) is 0. The second-order valence-corrected chi connectivity index (χ2v) is 8.93. The van der Waals surface area contributed by atoms with Gasteiger partial charge in [0.15, 0.2) is 12.6 Å². The van der Waals surface area contributed by atoms with E-state index < -0.39 is 12.6 Å². The molecule has 2 atom stereocenters. The summed E-state index contributed by atoms with van der Waals surface area (Å²) in [6, 6.07) is 20.1. The van der Waals surface area contributed by atoms with Crippen molar-refractivity contribution in [1.82, 2.24) is 0 Å². The van der Waals surface area contributed by atoms with Gasteiger partial charge in [-0.3, -0.25) is 0 Å². The highest BCUT2D eigenvalue weighted by molar-refractivity contribution is 5.49. The van der Waals surface area contributed by atoms with Gasteiger partial charge >= 0.3 is 0 Å². The number of aldehydes is 2. The van der Waals surface area contributed by atoms with Crippen molar-refractivity contribution >= 4 is 12.6 Å². The van der Waals surface area contributed by atoms with Crippen LogP contribution >= 0.6 is 0 Å². The van der Waals surface area contributed by atoms with Crippen LogP contribution in [0.15, 0.2) is 85.0 Å². The molecule has 2 aromatic rings. The fourth-order valence-corrected chi connectivity index (χ4v) is 3.67. The summed E-state index contributed by atoms with van der Waals surface area (Å²) in [5.41, 5.74) is 2.15. The number of rotatable bonds is 22. The highest BCUT2D eigenvalue weighted by Crippen LogP contribution is 2.14. The van der Waals surface area contributed by atoms with Gasteiger partial charge in [-0.25, -0.2) is 0 Å². The van der Waals surface area contributed by atoms with Gasteiger partial charge in [-0.1, -0.05) is 85.7 Å². The molecule has 0 amide bonds. The smallest absolute Gasteiger partial charge is 0.180 e. The average Bonchev–Trinajstić information content (AvgIpc) is 2.94. The molecular weight excluding hydrogens is 464 g/mol. The number of benzene rings is 2. The van der Waals surface area contributed by atoms with Gasteiger partial charge in [-0.05, 0) is 61.8 Å². The van der Waals surface area contributed by atoms with Gasteiger partial charge in [0.1, 0.15) is 12.6 Å². The number of carbonyl (C=O) groups is 2. The number of ether oxygens (including phenoxy) is 3. The van der Waals surface area contributed by atoms with Crippen LogP contribution in [0, 0.1) is 0 Å². The molecule has 0 aromatic heterocycles. The Morgan fingerprint density at radius 3 is 1.35 bits per heavy atom. The zero-order chi connectivity index (χ0) is 26.2. The van der Waals surface area contributed by atoms with Crippen molar-refractivity contribution in [2.75, 3.05) is 0 Å². The van der Waals surface area contributed by atoms with Crippen LogP contribution in [0.2, 0.25) is 0 Å². The van der Waals surface area contributed by atoms with Gasteiger partial charge in [0, 0.05) is 12.8 Å². The first-order chi connectivity index (χ1) is 18.3. The molecule has 0 aliphatic heterocycles. The molecule has 0 bridgehead atoms. The normalized spacial score (nSPS) is 13.2. The van der Waals surface area contributed by atoms with E-state index in [1.165, 1.54) is 0 Å². The van der Waals surface area contributed by atoms with E-state index in [1.807, 2.05) is 72.8 Å². The third-order valence-electron chi connectivity index (χ3n) is 5.75. The molecule has 2 unspecified atom stereocenters. The largest absolute Gasteiger partial charge is 0.344 e. The van der Waals surface area contributed by atoms with E-state index in [-0.39, 0.29) is 0 Å². The molecular formula is C32H42O5. The summed E-state index contributed by atoms with van der Waals surface area (Å²) in [6.07, 6.45) is 17.9. The standard InChI is InChI=1S/C32H42O5/c33-25-17-7-3-1-5-15-23-31(35-27-29-19-11-9-12-20-29)37-32(24-16-6-2-4-8-18-26-34)36-28-30-21-13-10-14-22-30/h9-16,19-26,31-32H,1-8,17-18,27-28H2. The molecule has 5 nitrogen and oxygen atoms in total. The Kier molecular flexibility index (Phi) is 17.4. The first-order valence-corrected chi connectivity index (χ1v) is 13.5. The Bertz CT molecular complexity index is 805. The van der Waals surface area contributed by atoms with Crippen molar-refractivity contribution in [2.24, 2.45) is 0 Å². The van der Waals surface area contributed by atoms with E-state index in [0.717, 1.165) is 75.1 Å². The number of allylic oxidation sites excluding steroid dienone is 2. The van der Waals surface area contributed by atoms with Crippen LogP contribution < -0.4 is 0 Å². The lowest BCUT2D eigenvalue weighted by Gasteiger charge is -2.22. The zero-order valence-corrected chi connectivity index (χ0v) is 21.9. The fraction of sp³-hybridized carbons (Fsp3) is 0.438. The van der Waals surface area contributed by atoms with Crippen LogP contribution in [0.5, 0.6) is 0 Å². The van der Waals surface area contributed by atoms with Crippen LogP contribution in [0.25, 0.3) is 0 Å². The summed E-state index contributed by atoms with van der Waals surface area (Å²) in [4.78, 5) is 21.0. The van der Waals surface area contributed by atoms with Gasteiger partial charge in [0.05, 0.1) is 13.2 Å². The first-order valence-electron chi connectivity index (χ1n) is 13.5. The van der Waals surface area contributed by atoms with Crippen molar-refractivity contribution in [3.63, 3.8) is 0 Å². The van der Waals surface area contributed by atoms with Crippen LogP contribution in [-0.4, -0.2) is 25.2 Å². The third-order valence-corrected chi connectivity index (χ3v) is 5.75. The van der Waals surface area contributed by atoms with E-state index in [0.29, 0.717) is 26.1 Å². The minimum Gasteiger partial charge on any atom is -0.344 e. The monoisotopic (exact) mass is 506 g/mol. The lowest BCUT2D eigenvalue weighted by molar-refractivity contribution is -0.215. The molecule has 200 valence electrons. The summed E-state index contributed by atoms with van der Waals surface area (Å²) in [6.45, 7) is 0.863. The molecule has 2 aromatic carbocycles. The molecule has 0 saturated carbocycles. The lowest BCUT2D eigenvalue weighted by Crippen LogP contribution is -2.24. The van der Waals surface area contributed by atoms with Crippen LogP contribution in [0.3, 0.4) is 0 Å². The predicted molar refractivity (Wildman–Crippen MR) is 148 cm³/mol. The highest BCUT2D eigenvalue weighted by Gasteiger charge is 2.14. The lowest BCUT2D eigenvalue weighted by atomic mass is 10.1. The fourth-order valence-electron chi connectivity index (χ4n) is 3.67. The van der Waals surface area contributed by atoms with Crippen LogP contribution in [-0.2, 0) is 37.0 Å². The second kappa shape index (κ2) is 21.2. The highest BCUT2D eigenvalue weighted by atomic mass is 16.8. The Morgan fingerprint density at radius 2 is 0.946 bits per heavy atom. The predicted octanol–water partition coefficient (Wildman–Crippen LogP) is 7.50. The molecule has 37 heavy (non-hydrogen) atoms. The number of hydrogen-bond donors (Lipinski definition) is 0. The van der Waals surface area contributed by atoms with E-state index in [9.17, 15) is 9.59 Å². The zero-order valence-electron chi connectivity index (χ0n) is 21.9. The molecule has 0 aliphatic rings. The number of carbonyl (C=O) groups excluding carboxylic acids is 2. The molecule has 0 N–H and O–H groups in total. The SMILES string of the molecule is O=CCCCCCC=CC(OCc1ccccc1)OC(C=CCCCCCC=O)OCc1ccccc1. The molecule has 0 fully saturated rings. The maximum atomic E-state index is 10.5. The summed E-state index contributed by atoms with van der Waals surface area (Å²) < 4.78 is 18.5. The van der Waals surface area contributed by atoms with Crippen molar-refractivity contribution in [3.8, 4) is 0 Å². The van der Waals surface area contributed by atoms with Gasteiger partial charge in [0.25, 0.3) is 0 Å². The molecule has 0 aliphatic carbocycles. The van der Waals surface area contributed by atoms with Crippen molar-refractivity contribution in [1.29, 1.82) is 0 Å². The minimum absolute atomic E-state index is 0.432. The summed E-state index contributed by atoms with van der Waals surface area (Å²) >= 11 is 0. The van der Waals surface area contributed by atoms with Gasteiger partial charge < -0.3 is 23.8 Å². The van der Waals surface area contributed by atoms with Crippen LogP contribution in [0.1, 0.15) is 75.3 Å². The number of hydrogen-bond acceptors (Lipinski definition) is 5. The van der Waals surface area contributed by atoms with E-state index in [2.05, 4.69) is 12.2 Å². The quantitative estimate of drug-likeness (QED) is 0.0716. The Balaban J connectivity index is 1.98. The molecule has 0 heterocycles. The first kappa shape index (κ1) is 30.4. The van der Waals surface area contributed by atoms with Gasteiger partial charge in [-0.2, -0.15) is 0 Å². The van der Waals surface area contributed by atoms with Gasteiger partial charge in [0.2, 0.25) is 0 Å². The summed E-state index contributed by atoms with van der Waals surface area (Å²) in [7, 11) is 0. The Labute approximate surface area is 222 Å². The molecule has 5 heteroatoms. The van der Waals surface area contributed by atoms with Crippen molar-refractivity contribution < 1.29 is 23.8 Å². The summed E-state index contributed by atoms with van der Waals surface area (Å²) in [5.74, 6) is 0. The molecule has 0 spiro atoms. The van der Waals surface area contributed by atoms with E-state index in [4.69, 9.17) is 14.2 Å². The second-order valence-electron chi connectivity index (χ2n) is 8.93. The van der Waals surface area contributed by atoms with Gasteiger partial charge in [-0.15, -0.1) is 0 Å². The Hall–Kier alpha value is -2.86. The topological polar surface area (TPSA) is 61.8 Å². The van der Waals surface area contributed by atoms with E-state index in [1.54, 1.807) is 0 Å². The Morgan fingerprint density at radius 1 is 0.541 bits per heavy atom. The van der Waals surface area contributed by atoms with Crippen molar-refractivity contribution in [2.45, 2.75) is 90.0 Å². The minimum atomic E-state index is -0.562. The average molecular weight is 507 g/mol. The number of unbranched alkanes of at least 4 members (excludes halogenated alkanes) is 8. The third kappa shape index (κ3) is 15.8.